The molecule has 0 radical (unpaired) electrons. The summed E-state index contributed by atoms with van der Waals surface area (Å²) < 4.78 is 3.77. The van der Waals surface area contributed by atoms with Gasteiger partial charge in [-0.15, -0.1) is 21.9 Å². The Kier molecular flexibility index (Phi) is 4.52. The first-order valence-corrected chi connectivity index (χ1v) is 8.09. The lowest BCUT2D eigenvalue weighted by atomic mass is 10.3. The lowest BCUT2D eigenvalue weighted by molar-refractivity contribution is 0.699. The maximum Gasteiger partial charge on any atom is 0.192 e. The number of benzene rings is 1. The van der Waals surface area contributed by atoms with Crippen LogP contribution in [0.1, 0.15) is 23.8 Å². The molecule has 0 aliphatic rings. The van der Waals surface area contributed by atoms with Crippen molar-refractivity contribution in [3.63, 3.8) is 0 Å². The Balaban J connectivity index is 1.87. The minimum absolute atomic E-state index is 0.0253. The number of allylic oxidation sites excluding steroid dienone is 1. The van der Waals surface area contributed by atoms with E-state index in [9.17, 15) is 0 Å². The van der Waals surface area contributed by atoms with Crippen LogP contribution < -0.4 is 0 Å². The van der Waals surface area contributed by atoms with E-state index < -0.39 is 0 Å². The van der Waals surface area contributed by atoms with Crippen LogP contribution in [-0.4, -0.2) is 35.0 Å². The Morgan fingerprint density at radius 2 is 2.00 bits per heavy atom. The number of thioether (sulfide) groups is 1. The lowest BCUT2D eigenvalue weighted by Gasteiger charge is -2.11. The van der Waals surface area contributed by atoms with Gasteiger partial charge in [-0.25, -0.2) is 0 Å². The standard InChI is InChI=1S/C15H17N7S/c1-4-10-21-12(3)16-18-15(21)23-11(2)14-17-19-20-22(14)13-8-6-5-7-9-13/h4-9,11H,1,10H2,2-3H3. The zero-order chi connectivity index (χ0) is 16.2. The molecule has 1 unspecified atom stereocenters. The molecule has 0 aliphatic heterocycles. The molecule has 0 bridgehead atoms. The number of aromatic nitrogens is 7. The molecule has 8 heteroatoms. The van der Waals surface area contributed by atoms with Gasteiger partial charge in [-0.3, -0.25) is 0 Å². The molecule has 0 aliphatic carbocycles. The molecule has 2 aromatic heterocycles. The first-order valence-electron chi connectivity index (χ1n) is 7.21. The van der Waals surface area contributed by atoms with Gasteiger partial charge in [0.05, 0.1) is 10.9 Å². The van der Waals surface area contributed by atoms with E-state index in [1.165, 1.54) is 0 Å². The minimum Gasteiger partial charge on any atom is -0.302 e. The molecule has 0 fully saturated rings. The first kappa shape index (κ1) is 15.4. The third kappa shape index (κ3) is 3.16. The highest BCUT2D eigenvalue weighted by Gasteiger charge is 2.20. The molecular weight excluding hydrogens is 310 g/mol. The number of nitrogens with zero attached hydrogens (tertiary/aromatic N) is 7. The molecular formula is C15H17N7S. The van der Waals surface area contributed by atoms with Gasteiger partial charge in [0, 0.05) is 6.54 Å². The normalized spacial score (nSPS) is 12.3. The van der Waals surface area contributed by atoms with Gasteiger partial charge >= 0.3 is 0 Å². The van der Waals surface area contributed by atoms with E-state index in [4.69, 9.17) is 0 Å². The van der Waals surface area contributed by atoms with Crippen LogP contribution in [0.5, 0.6) is 0 Å². The fourth-order valence-corrected chi connectivity index (χ4v) is 3.19. The number of tetrazole rings is 1. The van der Waals surface area contributed by atoms with E-state index in [1.807, 2.05) is 47.9 Å². The van der Waals surface area contributed by atoms with Crippen LogP contribution in [0.25, 0.3) is 5.69 Å². The first-order chi connectivity index (χ1) is 11.2. The summed E-state index contributed by atoms with van der Waals surface area (Å²) in [5, 5.41) is 21.3. The van der Waals surface area contributed by atoms with Crippen molar-refractivity contribution in [1.29, 1.82) is 0 Å². The molecule has 23 heavy (non-hydrogen) atoms. The molecule has 1 aromatic carbocycles. The summed E-state index contributed by atoms with van der Waals surface area (Å²) in [7, 11) is 0. The summed E-state index contributed by atoms with van der Waals surface area (Å²) in [6, 6.07) is 9.83. The van der Waals surface area contributed by atoms with E-state index in [1.54, 1.807) is 16.4 Å². The summed E-state index contributed by atoms with van der Waals surface area (Å²) in [6.45, 7) is 8.44. The highest BCUT2D eigenvalue weighted by atomic mass is 32.2. The number of hydrogen-bond acceptors (Lipinski definition) is 6. The van der Waals surface area contributed by atoms with Crippen LogP contribution in [0.4, 0.5) is 0 Å². The number of hydrogen-bond donors (Lipinski definition) is 0. The summed E-state index contributed by atoms with van der Waals surface area (Å²) in [5.74, 6) is 1.63. The van der Waals surface area contributed by atoms with Crippen LogP contribution in [0, 0.1) is 6.92 Å². The minimum atomic E-state index is 0.0253. The highest BCUT2D eigenvalue weighted by molar-refractivity contribution is 7.99. The van der Waals surface area contributed by atoms with E-state index >= 15 is 0 Å². The van der Waals surface area contributed by atoms with Crippen molar-refractivity contribution in [2.45, 2.75) is 30.8 Å². The molecule has 3 rings (SSSR count). The molecule has 3 aromatic rings. The Morgan fingerprint density at radius 3 is 2.74 bits per heavy atom. The lowest BCUT2D eigenvalue weighted by Crippen LogP contribution is -2.06. The smallest absolute Gasteiger partial charge is 0.192 e. The largest absolute Gasteiger partial charge is 0.302 e. The average molecular weight is 327 g/mol. The van der Waals surface area contributed by atoms with Crippen molar-refractivity contribution >= 4 is 11.8 Å². The summed E-state index contributed by atoms with van der Waals surface area (Å²) >= 11 is 1.58. The average Bonchev–Trinajstić information content (AvgIpc) is 3.18. The van der Waals surface area contributed by atoms with E-state index in [0.717, 1.165) is 22.5 Å². The monoisotopic (exact) mass is 327 g/mol. The molecule has 118 valence electrons. The second-order valence-electron chi connectivity index (χ2n) is 4.97. The maximum absolute atomic E-state index is 4.24. The number of aryl methyl sites for hydroxylation is 1. The van der Waals surface area contributed by atoms with Gasteiger partial charge in [0.1, 0.15) is 5.82 Å². The second-order valence-corrected chi connectivity index (χ2v) is 6.28. The topological polar surface area (TPSA) is 74.3 Å². The Bertz CT molecular complexity index is 793. The zero-order valence-electron chi connectivity index (χ0n) is 13.0. The predicted octanol–water partition coefficient (Wildman–Crippen LogP) is 2.60. The van der Waals surface area contributed by atoms with Gasteiger partial charge in [-0.2, -0.15) is 4.68 Å². The van der Waals surface area contributed by atoms with Gasteiger partial charge < -0.3 is 4.57 Å². The van der Waals surface area contributed by atoms with Gasteiger partial charge in [0.25, 0.3) is 0 Å². The van der Waals surface area contributed by atoms with Gasteiger partial charge in [-0.1, -0.05) is 36.0 Å². The fraction of sp³-hybridized carbons (Fsp3) is 0.267. The number of rotatable bonds is 6. The van der Waals surface area contributed by atoms with E-state index in [-0.39, 0.29) is 5.25 Å². The van der Waals surface area contributed by atoms with Crippen LogP contribution in [0.15, 0.2) is 48.1 Å². The van der Waals surface area contributed by atoms with Gasteiger partial charge in [0.15, 0.2) is 11.0 Å². The third-order valence-corrected chi connectivity index (χ3v) is 4.43. The highest BCUT2D eigenvalue weighted by Crippen LogP contribution is 2.33. The van der Waals surface area contributed by atoms with Crippen LogP contribution in [0.3, 0.4) is 0 Å². The molecule has 0 amide bonds. The molecule has 0 spiro atoms. The second kappa shape index (κ2) is 6.74. The van der Waals surface area contributed by atoms with Crippen molar-refractivity contribution in [3.05, 3.63) is 54.6 Å². The van der Waals surface area contributed by atoms with Gasteiger partial charge in [0.2, 0.25) is 0 Å². The SMILES string of the molecule is C=CCn1c(C)nnc1SC(C)c1nnnn1-c1ccccc1. The molecule has 7 nitrogen and oxygen atoms in total. The van der Waals surface area contributed by atoms with Gasteiger partial charge in [-0.05, 0) is 36.4 Å². The third-order valence-electron chi connectivity index (χ3n) is 3.35. The Morgan fingerprint density at radius 1 is 1.22 bits per heavy atom. The molecule has 0 N–H and O–H groups in total. The van der Waals surface area contributed by atoms with Crippen molar-refractivity contribution in [1.82, 2.24) is 35.0 Å². The van der Waals surface area contributed by atoms with Crippen molar-refractivity contribution in [3.8, 4) is 5.69 Å². The molecule has 2 heterocycles. The molecule has 1 atom stereocenters. The Labute approximate surface area is 138 Å². The Hall–Kier alpha value is -2.48. The summed E-state index contributed by atoms with van der Waals surface area (Å²) in [4.78, 5) is 0. The van der Waals surface area contributed by atoms with Crippen LogP contribution >= 0.6 is 11.8 Å². The van der Waals surface area contributed by atoms with E-state index in [2.05, 4.69) is 39.2 Å². The van der Waals surface area contributed by atoms with Crippen molar-refractivity contribution < 1.29 is 0 Å². The molecule has 0 saturated heterocycles. The predicted molar refractivity (Wildman–Crippen MR) is 88.4 cm³/mol. The van der Waals surface area contributed by atoms with Crippen molar-refractivity contribution in [2.75, 3.05) is 0 Å². The number of para-hydroxylation sites is 1. The van der Waals surface area contributed by atoms with Crippen LogP contribution in [0.2, 0.25) is 0 Å². The van der Waals surface area contributed by atoms with E-state index in [0.29, 0.717) is 6.54 Å². The molecule has 0 saturated carbocycles. The van der Waals surface area contributed by atoms with Crippen molar-refractivity contribution in [2.24, 2.45) is 0 Å². The van der Waals surface area contributed by atoms with Crippen LogP contribution in [-0.2, 0) is 6.54 Å². The maximum atomic E-state index is 4.24. The zero-order valence-corrected chi connectivity index (χ0v) is 13.8. The fourth-order valence-electron chi connectivity index (χ4n) is 2.20. The quantitative estimate of drug-likeness (QED) is 0.512. The summed E-state index contributed by atoms with van der Waals surface area (Å²) in [5.41, 5.74) is 0.934. The summed E-state index contributed by atoms with van der Waals surface area (Å²) in [6.07, 6.45) is 1.83.